The Hall–Kier alpha value is -2.83. The van der Waals surface area contributed by atoms with E-state index in [9.17, 15) is 10.1 Å². The summed E-state index contributed by atoms with van der Waals surface area (Å²) in [5.41, 5.74) is 3.82. The Labute approximate surface area is 183 Å². The molecule has 0 saturated heterocycles. The summed E-state index contributed by atoms with van der Waals surface area (Å²) in [4.78, 5) is 13.7. The van der Waals surface area contributed by atoms with Gasteiger partial charge in [0.1, 0.15) is 11.1 Å². The van der Waals surface area contributed by atoms with Crippen LogP contribution < -0.4 is 11.2 Å². The number of aromatic nitrogens is 3. The van der Waals surface area contributed by atoms with E-state index in [1.807, 2.05) is 31.2 Å². The highest BCUT2D eigenvalue weighted by Crippen LogP contribution is 2.37. The molecule has 4 rings (SSSR count). The van der Waals surface area contributed by atoms with E-state index < -0.39 is 0 Å². The first-order chi connectivity index (χ1) is 14.6. The Kier molecular flexibility index (Phi) is 6.06. The van der Waals surface area contributed by atoms with Crippen LogP contribution in [0.2, 0.25) is 0 Å². The summed E-state index contributed by atoms with van der Waals surface area (Å²) in [6.45, 7) is 2.02. The van der Waals surface area contributed by atoms with Crippen molar-refractivity contribution in [1.29, 1.82) is 5.26 Å². The molecule has 30 heavy (non-hydrogen) atoms. The summed E-state index contributed by atoms with van der Waals surface area (Å²) in [7, 11) is 0. The van der Waals surface area contributed by atoms with E-state index in [0.717, 1.165) is 42.4 Å². The van der Waals surface area contributed by atoms with Crippen LogP contribution in [0.4, 0.5) is 5.00 Å². The van der Waals surface area contributed by atoms with Crippen molar-refractivity contribution < 1.29 is 4.79 Å². The molecule has 0 atom stereocenters. The van der Waals surface area contributed by atoms with E-state index >= 15 is 0 Å². The van der Waals surface area contributed by atoms with Gasteiger partial charge in [-0.3, -0.25) is 4.79 Å². The number of benzene rings is 1. The second-order valence-electron chi connectivity index (χ2n) is 7.22. The van der Waals surface area contributed by atoms with Gasteiger partial charge in [0, 0.05) is 22.6 Å². The molecule has 2 heterocycles. The third-order valence-corrected chi connectivity index (χ3v) is 7.22. The number of nitrogens with one attached hydrogen (secondary N) is 1. The lowest BCUT2D eigenvalue weighted by Gasteiger charge is -2.09. The largest absolute Gasteiger partial charge is 0.335 e. The van der Waals surface area contributed by atoms with Gasteiger partial charge in [0.2, 0.25) is 11.1 Å². The maximum absolute atomic E-state index is 12.4. The molecule has 0 aliphatic heterocycles. The predicted octanol–water partition coefficient (Wildman–Crippen LogP) is 3.90. The Morgan fingerprint density at radius 1 is 1.30 bits per heavy atom. The van der Waals surface area contributed by atoms with Crippen LogP contribution in [-0.4, -0.2) is 26.5 Å². The van der Waals surface area contributed by atoms with Crippen LogP contribution in [-0.2, 0) is 17.6 Å². The quantitative estimate of drug-likeness (QED) is 0.446. The molecule has 1 aliphatic carbocycles. The van der Waals surface area contributed by atoms with Crippen LogP contribution in [0.5, 0.6) is 0 Å². The van der Waals surface area contributed by atoms with Gasteiger partial charge in [-0.2, -0.15) is 5.26 Å². The fourth-order valence-electron chi connectivity index (χ4n) is 3.47. The molecule has 1 amide bonds. The smallest absolute Gasteiger partial charge is 0.225 e. The number of nitrogen functional groups attached to an aromatic ring is 1. The number of carbonyl (C=O) groups is 1. The zero-order valence-corrected chi connectivity index (χ0v) is 18.3. The highest BCUT2D eigenvalue weighted by Gasteiger charge is 2.22. The minimum Gasteiger partial charge on any atom is -0.335 e. The molecular weight excluding hydrogens is 416 g/mol. The number of amides is 1. The zero-order valence-electron chi connectivity index (χ0n) is 16.6. The van der Waals surface area contributed by atoms with Gasteiger partial charge in [0.15, 0.2) is 5.82 Å². The molecule has 0 fully saturated rings. The fourth-order valence-corrected chi connectivity index (χ4v) is 5.52. The molecule has 0 unspecified atom stereocenters. The molecule has 1 aromatic carbocycles. The lowest BCUT2D eigenvalue weighted by atomic mass is 9.96. The minimum absolute atomic E-state index is 0.112. The Morgan fingerprint density at radius 2 is 2.07 bits per heavy atom. The van der Waals surface area contributed by atoms with Crippen molar-refractivity contribution in [1.82, 2.24) is 14.9 Å². The molecule has 154 valence electrons. The minimum atomic E-state index is -0.112. The Balaban J connectivity index is 1.35. The lowest BCUT2D eigenvalue weighted by Crippen LogP contribution is -2.14. The van der Waals surface area contributed by atoms with Crippen molar-refractivity contribution in [2.24, 2.45) is 0 Å². The first-order valence-corrected chi connectivity index (χ1v) is 11.6. The molecule has 3 N–H and O–H groups in total. The number of nitriles is 1. The standard InChI is InChI=1S/C21H22N6OS2/c1-13-6-8-14(9-7-13)19-25-26-21(27(19)23)29-11-10-18(28)24-20-16(12-22)15-4-2-3-5-17(15)30-20/h6-9H,2-5,10-11,23H2,1H3,(H,24,28). The summed E-state index contributed by atoms with van der Waals surface area (Å²) >= 11 is 2.93. The molecule has 0 saturated carbocycles. The highest BCUT2D eigenvalue weighted by molar-refractivity contribution is 7.99. The number of hydrogen-bond donors (Lipinski definition) is 2. The van der Waals surface area contributed by atoms with E-state index in [1.165, 1.54) is 21.3 Å². The first-order valence-electron chi connectivity index (χ1n) is 9.81. The molecule has 9 heteroatoms. The van der Waals surface area contributed by atoms with Crippen LogP contribution >= 0.6 is 23.1 Å². The van der Waals surface area contributed by atoms with E-state index in [-0.39, 0.29) is 5.91 Å². The Bertz CT molecular complexity index is 1110. The van der Waals surface area contributed by atoms with Gasteiger partial charge in [0.25, 0.3) is 0 Å². The van der Waals surface area contributed by atoms with Crippen molar-refractivity contribution in [3.8, 4) is 17.5 Å². The summed E-state index contributed by atoms with van der Waals surface area (Å²) < 4.78 is 1.45. The van der Waals surface area contributed by atoms with Crippen molar-refractivity contribution >= 4 is 34.0 Å². The molecule has 1 aliphatic rings. The highest BCUT2D eigenvalue weighted by atomic mass is 32.2. The third kappa shape index (κ3) is 4.20. The third-order valence-electron chi connectivity index (χ3n) is 5.07. The van der Waals surface area contributed by atoms with Crippen molar-refractivity contribution in [3.05, 3.63) is 45.8 Å². The molecule has 3 aromatic rings. The first kappa shape index (κ1) is 20.4. The maximum Gasteiger partial charge on any atom is 0.225 e. The van der Waals surface area contributed by atoms with Gasteiger partial charge < -0.3 is 11.2 Å². The maximum atomic E-state index is 12.4. The average Bonchev–Trinajstić information content (AvgIpc) is 3.28. The van der Waals surface area contributed by atoms with Crippen LogP contribution in [0.1, 0.15) is 40.8 Å². The van der Waals surface area contributed by atoms with Gasteiger partial charge in [0.05, 0.1) is 5.56 Å². The average molecular weight is 439 g/mol. The number of hydrogen-bond acceptors (Lipinski definition) is 7. The summed E-state index contributed by atoms with van der Waals surface area (Å²) in [5.74, 6) is 7.14. The number of thioether (sulfide) groups is 1. The van der Waals surface area contributed by atoms with Crippen LogP contribution in [0.3, 0.4) is 0 Å². The number of fused-ring (bicyclic) bond motifs is 1. The second kappa shape index (κ2) is 8.90. The SMILES string of the molecule is Cc1ccc(-c2nnc(SCCC(=O)Nc3sc4c(c3C#N)CCCC4)n2N)cc1. The van der Waals surface area contributed by atoms with Gasteiger partial charge in [-0.25, -0.2) is 4.68 Å². The number of thiophene rings is 1. The second-order valence-corrected chi connectivity index (χ2v) is 9.38. The number of nitrogens with two attached hydrogens (primary N) is 1. The van der Waals surface area contributed by atoms with Gasteiger partial charge in [-0.05, 0) is 38.2 Å². The predicted molar refractivity (Wildman–Crippen MR) is 120 cm³/mol. The van der Waals surface area contributed by atoms with Crippen molar-refractivity contribution in [3.63, 3.8) is 0 Å². The number of anilines is 1. The van der Waals surface area contributed by atoms with Gasteiger partial charge in [-0.15, -0.1) is 21.5 Å². The summed E-state index contributed by atoms with van der Waals surface area (Å²) in [6.07, 6.45) is 4.47. The van der Waals surface area contributed by atoms with Crippen molar-refractivity contribution in [2.45, 2.75) is 44.2 Å². The summed E-state index contributed by atoms with van der Waals surface area (Å²) in [6, 6.07) is 10.2. The number of aryl methyl sites for hydroxylation is 2. The zero-order chi connectivity index (χ0) is 21.1. The molecule has 0 radical (unpaired) electrons. The Morgan fingerprint density at radius 3 is 2.83 bits per heavy atom. The molecule has 0 spiro atoms. The topological polar surface area (TPSA) is 110 Å². The molecular formula is C21H22N6OS2. The number of rotatable bonds is 6. The van der Waals surface area contributed by atoms with Crippen LogP contribution in [0.25, 0.3) is 11.4 Å². The molecule has 7 nitrogen and oxygen atoms in total. The molecule has 2 aromatic heterocycles. The van der Waals surface area contributed by atoms with Crippen LogP contribution in [0.15, 0.2) is 29.4 Å². The van der Waals surface area contributed by atoms with E-state index in [0.29, 0.717) is 33.7 Å². The number of carbonyl (C=O) groups excluding carboxylic acids is 1. The van der Waals surface area contributed by atoms with E-state index in [4.69, 9.17) is 5.84 Å². The van der Waals surface area contributed by atoms with Gasteiger partial charge in [-0.1, -0.05) is 41.6 Å². The van der Waals surface area contributed by atoms with E-state index in [1.54, 1.807) is 11.3 Å². The lowest BCUT2D eigenvalue weighted by molar-refractivity contribution is -0.115. The summed E-state index contributed by atoms with van der Waals surface area (Å²) in [5, 5.41) is 22.0. The number of nitrogens with zero attached hydrogens (tertiary/aromatic N) is 4. The monoisotopic (exact) mass is 438 g/mol. The van der Waals surface area contributed by atoms with Crippen molar-refractivity contribution in [2.75, 3.05) is 16.9 Å². The normalized spacial score (nSPS) is 12.9. The van der Waals surface area contributed by atoms with Gasteiger partial charge >= 0.3 is 0 Å². The van der Waals surface area contributed by atoms with E-state index in [2.05, 4.69) is 21.6 Å². The van der Waals surface area contributed by atoms with Crippen LogP contribution in [0, 0.1) is 18.3 Å². The fraction of sp³-hybridized carbons (Fsp3) is 0.333. The molecule has 0 bridgehead atoms.